The summed E-state index contributed by atoms with van der Waals surface area (Å²) in [6, 6.07) is 4.06. The number of nitrogens with one attached hydrogen (secondary N) is 1. The Bertz CT molecular complexity index is 660. The first-order valence-electron chi connectivity index (χ1n) is 7.77. The van der Waals surface area contributed by atoms with E-state index in [1.165, 1.54) is 31.4 Å². The molecule has 0 aliphatic rings. The highest BCUT2D eigenvalue weighted by Gasteiger charge is 2.32. The summed E-state index contributed by atoms with van der Waals surface area (Å²) in [5, 5.41) is 13.2. The topological polar surface area (TPSA) is 151 Å². The second-order valence-corrected chi connectivity index (χ2v) is 5.34. The third kappa shape index (κ3) is 6.13. The molecule has 0 aliphatic heterocycles. The number of ether oxygens (including phenoxy) is 2. The molecule has 0 aromatic heterocycles. The van der Waals surface area contributed by atoms with Gasteiger partial charge in [-0.15, -0.1) is 0 Å². The summed E-state index contributed by atoms with van der Waals surface area (Å²) in [5.41, 5.74) is 5.66. The number of amides is 2. The number of rotatable bonds is 10. The van der Waals surface area contributed by atoms with Crippen molar-refractivity contribution in [1.82, 2.24) is 5.32 Å². The lowest BCUT2D eigenvalue weighted by molar-refractivity contribution is -0.384. The standard InChI is InChI=1S/C16H21N3O7/c1-3-26-14(21)8-12(10-4-6-11(7-5-10)19(23)24)15(16(17)22)18-13(20)9-25-2/h4-7,12,15H,3,8-9H2,1-2H3,(H2,17,22)(H,18,20)/t12-,15+/m0/s1. The fraction of sp³-hybridized carbons (Fsp3) is 0.438. The van der Waals surface area contributed by atoms with Gasteiger partial charge >= 0.3 is 5.97 Å². The Hall–Kier alpha value is -3.01. The lowest BCUT2D eigenvalue weighted by atomic mass is 9.87. The van der Waals surface area contributed by atoms with Gasteiger partial charge in [-0.3, -0.25) is 24.5 Å². The molecular formula is C16H21N3O7. The van der Waals surface area contributed by atoms with Gasteiger partial charge in [-0.25, -0.2) is 0 Å². The van der Waals surface area contributed by atoms with Crippen LogP contribution in [0.5, 0.6) is 0 Å². The average Bonchev–Trinajstić information content (AvgIpc) is 2.58. The Morgan fingerprint density at radius 2 is 1.88 bits per heavy atom. The monoisotopic (exact) mass is 367 g/mol. The zero-order valence-corrected chi connectivity index (χ0v) is 14.5. The molecule has 0 saturated heterocycles. The normalized spacial score (nSPS) is 12.7. The summed E-state index contributed by atoms with van der Waals surface area (Å²) in [5.74, 6) is -2.90. The van der Waals surface area contributed by atoms with E-state index in [-0.39, 0.29) is 25.3 Å². The van der Waals surface area contributed by atoms with E-state index in [4.69, 9.17) is 15.2 Å². The van der Waals surface area contributed by atoms with Gasteiger partial charge in [0, 0.05) is 25.2 Å². The number of nitro benzene ring substituents is 1. The number of nitro groups is 1. The van der Waals surface area contributed by atoms with Gasteiger partial charge in [0.1, 0.15) is 12.6 Å². The number of benzene rings is 1. The van der Waals surface area contributed by atoms with E-state index in [1.54, 1.807) is 6.92 Å². The molecule has 0 saturated carbocycles. The molecule has 2 amide bonds. The van der Waals surface area contributed by atoms with Crippen molar-refractivity contribution in [3.63, 3.8) is 0 Å². The maximum absolute atomic E-state index is 11.9. The first-order valence-corrected chi connectivity index (χ1v) is 7.77. The lowest BCUT2D eigenvalue weighted by Gasteiger charge is -2.25. The van der Waals surface area contributed by atoms with E-state index in [0.29, 0.717) is 5.56 Å². The van der Waals surface area contributed by atoms with Crippen LogP contribution in [0.4, 0.5) is 5.69 Å². The average molecular weight is 367 g/mol. The van der Waals surface area contributed by atoms with Crippen molar-refractivity contribution < 1.29 is 28.8 Å². The number of esters is 1. The Kier molecular flexibility index (Phi) is 8.16. The smallest absolute Gasteiger partial charge is 0.306 e. The maximum atomic E-state index is 11.9. The fourth-order valence-corrected chi connectivity index (χ4v) is 2.39. The van der Waals surface area contributed by atoms with Crippen LogP contribution in [0.2, 0.25) is 0 Å². The zero-order valence-electron chi connectivity index (χ0n) is 14.5. The van der Waals surface area contributed by atoms with Crippen LogP contribution < -0.4 is 11.1 Å². The number of nitrogens with zero attached hydrogens (tertiary/aromatic N) is 1. The highest BCUT2D eigenvalue weighted by molar-refractivity contribution is 5.88. The fourth-order valence-electron chi connectivity index (χ4n) is 2.39. The summed E-state index contributed by atoms with van der Waals surface area (Å²) in [4.78, 5) is 45.8. The quantitative estimate of drug-likeness (QED) is 0.341. The first kappa shape index (κ1) is 21.0. The number of primary amides is 1. The van der Waals surface area contributed by atoms with Gasteiger partial charge in [-0.05, 0) is 12.5 Å². The molecule has 1 aromatic carbocycles. The number of hydrogen-bond acceptors (Lipinski definition) is 7. The van der Waals surface area contributed by atoms with Crippen LogP contribution in [0.3, 0.4) is 0 Å². The number of carbonyl (C=O) groups is 3. The molecule has 0 bridgehead atoms. The van der Waals surface area contributed by atoms with E-state index in [9.17, 15) is 24.5 Å². The number of methoxy groups -OCH3 is 1. The molecule has 0 aliphatic carbocycles. The molecule has 0 fully saturated rings. The summed E-state index contributed by atoms with van der Waals surface area (Å²) in [6.07, 6.45) is -0.244. The highest BCUT2D eigenvalue weighted by Crippen LogP contribution is 2.26. The minimum Gasteiger partial charge on any atom is -0.466 e. The van der Waals surface area contributed by atoms with Crippen LogP contribution >= 0.6 is 0 Å². The molecule has 0 heterocycles. The number of non-ortho nitro benzene ring substituents is 1. The molecule has 3 N–H and O–H groups in total. The predicted molar refractivity (Wildman–Crippen MR) is 90.1 cm³/mol. The molecule has 0 spiro atoms. The van der Waals surface area contributed by atoms with Gasteiger partial charge in [0.15, 0.2) is 0 Å². The molecule has 10 heteroatoms. The van der Waals surface area contributed by atoms with Gasteiger partial charge in [0.2, 0.25) is 11.8 Å². The SMILES string of the molecule is CCOC(=O)C[C@@H](c1ccc([N+](=O)[O-])cc1)[C@@H](NC(=O)COC)C(N)=O. The minimum atomic E-state index is -1.22. The molecule has 10 nitrogen and oxygen atoms in total. The predicted octanol–water partition coefficient (Wildman–Crippen LogP) is 0.248. The first-order chi connectivity index (χ1) is 12.3. The summed E-state index contributed by atoms with van der Waals surface area (Å²) < 4.78 is 9.60. The number of hydrogen-bond donors (Lipinski definition) is 2. The molecule has 0 radical (unpaired) electrons. The molecule has 142 valence electrons. The molecule has 26 heavy (non-hydrogen) atoms. The van der Waals surface area contributed by atoms with Crippen molar-refractivity contribution in [3.8, 4) is 0 Å². The Labute approximate surface area is 149 Å². The van der Waals surface area contributed by atoms with Crippen molar-refractivity contribution in [2.45, 2.75) is 25.3 Å². The Morgan fingerprint density at radius 1 is 1.27 bits per heavy atom. The van der Waals surface area contributed by atoms with E-state index >= 15 is 0 Å². The lowest BCUT2D eigenvalue weighted by Crippen LogP contribution is -2.49. The molecular weight excluding hydrogens is 346 g/mol. The second kappa shape index (κ2) is 10.1. The molecule has 2 atom stereocenters. The Balaban J connectivity index is 3.18. The summed E-state index contributed by atoms with van der Waals surface area (Å²) in [7, 11) is 1.31. The van der Waals surface area contributed by atoms with E-state index in [1.807, 2.05) is 0 Å². The number of carbonyl (C=O) groups excluding carboxylic acids is 3. The van der Waals surface area contributed by atoms with Crippen LogP contribution in [0, 0.1) is 10.1 Å². The van der Waals surface area contributed by atoms with E-state index in [2.05, 4.69) is 5.32 Å². The van der Waals surface area contributed by atoms with Crippen molar-refractivity contribution in [3.05, 3.63) is 39.9 Å². The minimum absolute atomic E-state index is 0.142. The maximum Gasteiger partial charge on any atom is 0.306 e. The summed E-state index contributed by atoms with van der Waals surface area (Å²) in [6.45, 7) is 1.48. The number of nitrogens with two attached hydrogens (primary N) is 1. The van der Waals surface area contributed by atoms with Crippen molar-refractivity contribution >= 4 is 23.5 Å². The van der Waals surface area contributed by atoms with Gasteiger partial charge in [0.25, 0.3) is 5.69 Å². The molecule has 1 rings (SSSR count). The summed E-state index contributed by atoms with van der Waals surface area (Å²) >= 11 is 0. The molecule has 0 unspecified atom stereocenters. The van der Waals surface area contributed by atoms with Gasteiger partial charge in [0.05, 0.1) is 18.0 Å². The Morgan fingerprint density at radius 3 is 2.35 bits per heavy atom. The largest absolute Gasteiger partial charge is 0.466 e. The van der Waals surface area contributed by atoms with Crippen LogP contribution in [-0.2, 0) is 23.9 Å². The molecule has 1 aromatic rings. The zero-order chi connectivity index (χ0) is 19.7. The second-order valence-electron chi connectivity index (χ2n) is 5.34. The van der Waals surface area contributed by atoms with Crippen LogP contribution in [-0.4, -0.2) is 49.1 Å². The van der Waals surface area contributed by atoms with E-state index < -0.39 is 34.7 Å². The van der Waals surface area contributed by atoms with Crippen LogP contribution in [0.15, 0.2) is 24.3 Å². The highest BCUT2D eigenvalue weighted by atomic mass is 16.6. The third-order valence-electron chi connectivity index (χ3n) is 3.52. The van der Waals surface area contributed by atoms with Crippen LogP contribution in [0.25, 0.3) is 0 Å². The van der Waals surface area contributed by atoms with E-state index in [0.717, 1.165) is 0 Å². The van der Waals surface area contributed by atoms with Crippen molar-refractivity contribution in [2.24, 2.45) is 5.73 Å². The van der Waals surface area contributed by atoms with Crippen LogP contribution in [0.1, 0.15) is 24.8 Å². The van der Waals surface area contributed by atoms with Crippen molar-refractivity contribution in [1.29, 1.82) is 0 Å². The van der Waals surface area contributed by atoms with Gasteiger partial charge < -0.3 is 20.5 Å². The van der Waals surface area contributed by atoms with Crippen molar-refractivity contribution in [2.75, 3.05) is 20.3 Å². The third-order valence-corrected chi connectivity index (χ3v) is 3.52. The van der Waals surface area contributed by atoms with Gasteiger partial charge in [-0.2, -0.15) is 0 Å². The van der Waals surface area contributed by atoms with Gasteiger partial charge in [-0.1, -0.05) is 12.1 Å².